The number of aliphatic carboxylic acids is 1. The van der Waals surface area contributed by atoms with Gasteiger partial charge >= 0.3 is 5.97 Å². The van der Waals surface area contributed by atoms with Crippen LogP contribution >= 0.6 is 0 Å². The number of carboxylic acids is 1. The molecular formula is C10H18N2O5S. The van der Waals surface area contributed by atoms with Gasteiger partial charge in [-0.25, -0.2) is 13.2 Å². The number of carbonyl (C=O) groups excluding carboxylic acids is 1. The third kappa shape index (κ3) is 7.02. The van der Waals surface area contributed by atoms with E-state index in [1.807, 2.05) is 0 Å². The highest BCUT2D eigenvalue weighted by Gasteiger charge is 2.22. The SMILES string of the molecule is C=CCC(NC(=O)C(N)CCS(C)(=O)=O)C(=O)O. The van der Waals surface area contributed by atoms with E-state index in [0.29, 0.717) is 0 Å². The van der Waals surface area contributed by atoms with Crippen LogP contribution in [0.1, 0.15) is 12.8 Å². The molecule has 2 atom stereocenters. The topological polar surface area (TPSA) is 127 Å². The van der Waals surface area contributed by atoms with Crippen molar-refractivity contribution in [3.05, 3.63) is 12.7 Å². The van der Waals surface area contributed by atoms with Gasteiger partial charge in [0.05, 0.1) is 11.8 Å². The molecule has 0 radical (unpaired) electrons. The average Bonchev–Trinajstić information content (AvgIpc) is 2.23. The Kier molecular flexibility index (Phi) is 6.56. The Bertz CT molecular complexity index is 418. The molecule has 7 nitrogen and oxygen atoms in total. The minimum absolute atomic E-state index is 0.0505. The second kappa shape index (κ2) is 7.12. The zero-order valence-corrected chi connectivity index (χ0v) is 10.9. The van der Waals surface area contributed by atoms with Gasteiger partial charge in [-0.3, -0.25) is 4.79 Å². The molecular weight excluding hydrogens is 260 g/mol. The van der Waals surface area contributed by atoms with E-state index in [1.54, 1.807) is 0 Å². The van der Waals surface area contributed by atoms with Gasteiger partial charge in [-0.1, -0.05) is 6.08 Å². The fourth-order valence-electron chi connectivity index (χ4n) is 1.14. The lowest BCUT2D eigenvalue weighted by atomic mass is 10.1. The Labute approximate surface area is 106 Å². The summed E-state index contributed by atoms with van der Waals surface area (Å²) in [4.78, 5) is 22.3. The van der Waals surface area contributed by atoms with Crippen LogP contribution in [0, 0.1) is 0 Å². The third-order valence-corrected chi connectivity index (χ3v) is 3.13. The summed E-state index contributed by atoms with van der Waals surface area (Å²) < 4.78 is 21.8. The van der Waals surface area contributed by atoms with Gasteiger partial charge in [0.2, 0.25) is 5.91 Å². The molecule has 0 aromatic carbocycles. The summed E-state index contributed by atoms with van der Waals surface area (Å²) >= 11 is 0. The molecule has 18 heavy (non-hydrogen) atoms. The second-order valence-corrected chi connectivity index (χ2v) is 6.21. The quantitative estimate of drug-likeness (QED) is 0.483. The number of hydrogen-bond donors (Lipinski definition) is 3. The molecule has 0 heterocycles. The Morgan fingerprint density at radius 3 is 2.44 bits per heavy atom. The van der Waals surface area contributed by atoms with E-state index < -0.39 is 33.8 Å². The van der Waals surface area contributed by atoms with Crippen molar-refractivity contribution >= 4 is 21.7 Å². The highest BCUT2D eigenvalue weighted by atomic mass is 32.2. The molecule has 0 aliphatic heterocycles. The van der Waals surface area contributed by atoms with Gasteiger partial charge in [-0.15, -0.1) is 6.58 Å². The van der Waals surface area contributed by atoms with Crippen molar-refractivity contribution in [2.24, 2.45) is 5.73 Å². The zero-order valence-electron chi connectivity index (χ0n) is 10.1. The number of carboxylic acid groups (broad SMARTS) is 1. The lowest BCUT2D eigenvalue weighted by molar-refractivity contribution is -0.141. The van der Waals surface area contributed by atoms with Crippen LogP contribution in [0.3, 0.4) is 0 Å². The predicted octanol–water partition coefficient (Wildman–Crippen LogP) is -1.11. The maximum atomic E-state index is 11.5. The molecule has 0 fully saturated rings. The van der Waals surface area contributed by atoms with E-state index in [1.165, 1.54) is 6.08 Å². The van der Waals surface area contributed by atoms with Crippen LogP contribution < -0.4 is 11.1 Å². The van der Waals surface area contributed by atoms with Crippen LogP contribution in [0.15, 0.2) is 12.7 Å². The van der Waals surface area contributed by atoms with Crippen LogP contribution in [0.2, 0.25) is 0 Å². The van der Waals surface area contributed by atoms with Gasteiger partial charge in [0.1, 0.15) is 15.9 Å². The van der Waals surface area contributed by atoms with Crippen molar-refractivity contribution in [2.45, 2.75) is 24.9 Å². The molecule has 0 bridgehead atoms. The number of amides is 1. The summed E-state index contributed by atoms with van der Waals surface area (Å²) in [5.41, 5.74) is 5.47. The Morgan fingerprint density at radius 2 is 2.06 bits per heavy atom. The van der Waals surface area contributed by atoms with Crippen molar-refractivity contribution in [1.82, 2.24) is 5.32 Å². The average molecular weight is 278 g/mol. The molecule has 0 rings (SSSR count). The molecule has 8 heteroatoms. The molecule has 1 amide bonds. The number of nitrogens with two attached hydrogens (primary N) is 1. The number of nitrogens with one attached hydrogen (secondary N) is 1. The summed E-state index contributed by atoms with van der Waals surface area (Å²) in [5.74, 6) is -2.10. The summed E-state index contributed by atoms with van der Waals surface area (Å²) in [5, 5.41) is 11.0. The molecule has 0 aromatic rings. The number of sulfone groups is 1. The summed E-state index contributed by atoms with van der Waals surface area (Å²) in [7, 11) is -3.20. The molecule has 0 aliphatic carbocycles. The largest absolute Gasteiger partial charge is 0.480 e. The molecule has 2 unspecified atom stereocenters. The third-order valence-electron chi connectivity index (χ3n) is 2.15. The standard InChI is InChI=1S/C10H18N2O5S/c1-3-4-8(10(14)15)12-9(13)7(11)5-6-18(2,16)17/h3,7-8H,1,4-6,11H2,2H3,(H,12,13)(H,14,15). The van der Waals surface area contributed by atoms with Crippen molar-refractivity contribution in [2.75, 3.05) is 12.0 Å². The van der Waals surface area contributed by atoms with Crippen molar-refractivity contribution in [3.63, 3.8) is 0 Å². The molecule has 0 saturated heterocycles. The van der Waals surface area contributed by atoms with Crippen LogP contribution in [0.4, 0.5) is 0 Å². The van der Waals surface area contributed by atoms with E-state index in [9.17, 15) is 18.0 Å². The van der Waals surface area contributed by atoms with Crippen LogP contribution in [0.5, 0.6) is 0 Å². The summed E-state index contributed by atoms with van der Waals surface area (Å²) in [6, 6.07) is -2.15. The molecule has 0 saturated carbocycles. The van der Waals surface area contributed by atoms with Crippen molar-refractivity contribution < 1.29 is 23.1 Å². The van der Waals surface area contributed by atoms with E-state index in [2.05, 4.69) is 11.9 Å². The monoisotopic (exact) mass is 278 g/mol. The first-order valence-electron chi connectivity index (χ1n) is 5.24. The minimum Gasteiger partial charge on any atom is -0.480 e. The molecule has 104 valence electrons. The number of hydrogen-bond acceptors (Lipinski definition) is 5. The fourth-order valence-corrected chi connectivity index (χ4v) is 1.82. The lowest BCUT2D eigenvalue weighted by Gasteiger charge is -2.16. The highest BCUT2D eigenvalue weighted by Crippen LogP contribution is 1.98. The van der Waals surface area contributed by atoms with Crippen molar-refractivity contribution in [1.29, 1.82) is 0 Å². The van der Waals surface area contributed by atoms with Crippen LogP contribution in [-0.4, -0.2) is 49.5 Å². The van der Waals surface area contributed by atoms with Crippen LogP contribution in [0.25, 0.3) is 0 Å². The Morgan fingerprint density at radius 1 is 1.50 bits per heavy atom. The van der Waals surface area contributed by atoms with E-state index >= 15 is 0 Å². The normalized spacial score (nSPS) is 14.6. The first-order chi connectivity index (χ1) is 8.17. The van der Waals surface area contributed by atoms with Crippen molar-refractivity contribution in [3.8, 4) is 0 Å². The first-order valence-corrected chi connectivity index (χ1v) is 7.30. The second-order valence-electron chi connectivity index (χ2n) is 3.95. The number of carbonyl (C=O) groups is 2. The van der Waals surface area contributed by atoms with E-state index in [4.69, 9.17) is 10.8 Å². The van der Waals surface area contributed by atoms with Crippen LogP contribution in [-0.2, 0) is 19.4 Å². The molecule has 4 N–H and O–H groups in total. The fraction of sp³-hybridized carbons (Fsp3) is 0.600. The van der Waals surface area contributed by atoms with Gasteiger partial charge in [0.15, 0.2) is 0 Å². The molecule has 0 aliphatic rings. The predicted molar refractivity (Wildman–Crippen MR) is 66.7 cm³/mol. The first kappa shape index (κ1) is 16.6. The zero-order chi connectivity index (χ0) is 14.3. The lowest BCUT2D eigenvalue weighted by Crippen LogP contribution is -2.48. The van der Waals surface area contributed by atoms with Gasteiger partial charge in [-0.2, -0.15) is 0 Å². The van der Waals surface area contributed by atoms with E-state index in [-0.39, 0.29) is 18.6 Å². The smallest absolute Gasteiger partial charge is 0.326 e. The van der Waals surface area contributed by atoms with Gasteiger partial charge < -0.3 is 16.2 Å². The Hall–Kier alpha value is -1.41. The van der Waals surface area contributed by atoms with Gasteiger partial charge in [-0.05, 0) is 12.8 Å². The minimum atomic E-state index is -3.20. The summed E-state index contributed by atoms with van der Waals surface area (Å²) in [6.07, 6.45) is 2.42. The maximum absolute atomic E-state index is 11.5. The maximum Gasteiger partial charge on any atom is 0.326 e. The Balaban J connectivity index is 4.37. The summed E-state index contributed by atoms with van der Waals surface area (Å²) in [6.45, 7) is 3.38. The number of rotatable bonds is 8. The molecule has 0 spiro atoms. The van der Waals surface area contributed by atoms with E-state index in [0.717, 1.165) is 6.26 Å². The van der Waals surface area contributed by atoms with Gasteiger partial charge in [0, 0.05) is 6.26 Å². The molecule has 0 aromatic heterocycles. The highest BCUT2D eigenvalue weighted by molar-refractivity contribution is 7.90. The van der Waals surface area contributed by atoms with Gasteiger partial charge in [0.25, 0.3) is 0 Å².